The van der Waals surface area contributed by atoms with Gasteiger partial charge in [0.1, 0.15) is 17.1 Å². The molecule has 0 bridgehead atoms. The third kappa shape index (κ3) is 3.77. The molecule has 0 spiro atoms. The molecule has 3 heterocycles. The van der Waals surface area contributed by atoms with E-state index >= 15 is 0 Å². The number of rotatable bonds is 5. The molecule has 0 saturated carbocycles. The number of aromatic nitrogens is 2. The van der Waals surface area contributed by atoms with E-state index in [0.717, 1.165) is 70.8 Å². The Balaban J connectivity index is 1.60. The lowest BCUT2D eigenvalue weighted by molar-refractivity contribution is 0.102. The van der Waals surface area contributed by atoms with Gasteiger partial charge >= 0.3 is 0 Å². The standard InChI is InChI=1S/C31H29N3O2/c1-21-9-8-12-24(19-21)32-30(35)29-28(23-14-16-25(36-2)17-15-23)26-13-6-7-18-33-27(20-34(29)31(26)33)22-10-4-3-5-11-22/h3-5,8-12,14-17,19-20H,6-7,13,18H2,1-2H3,(H,32,35). The van der Waals surface area contributed by atoms with Gasteiger partial charge in [0.05, 0.1) is 12.8 Å². The summed E-state index contributed by atoms with van der Waals surface area (Å²) < 4.78 is 9.92. The van der Waals surface area contributed by atoms with Gasteiger partial charge < -0.3 is 14.6 Å². The van der Waals surface area contributed by atoms with Crippen LogP contribution < -0.4 is 10.1 Å². The average molecular weight is 476 g/mol. The number of anilines is 1. The molecule has 36 heavy (non-hydrogen) atoms. The zero-order valence-corrected chi connectivity index (χ0v) is 20.6. The van der Waals surface area contributed by atoms with Gasteiger partial charge in [0, 0.05) is 29.6 Å². The lowest BCUT2D eigenvalue weighted by atomic mass is 9.97. The number of methoxy groups -OCH3 is 1. The zero-order valence-electron chi connectivity index (χ0n) is 20.6. The summed E-state index contributed by atoms with van der Waals surface area (Å²) in [6, 6.07) is 26.4. The maximum atomic E-state index is 14.0. The van der Waals surface area contributed by atoms with Crippen molar-refractivity contribution in [2.24, 2.45) is 0 Å². The molecule has 5 aromatic rings. The van der Waals surface area contributed by atoms with Crippen molar-refractivity contribution < 1.29 is 9.53 Å². The minimum Gasteiger partial charge on any atom is -0.497 e. The Morgan fingerprint density at radius 3 is 2.47 bits per heavy atom. The summed E-state index contributed by atoms with van der Waals surface area (Å²) in [5.41, 5.74) is 9.25. The summed E-state index contributed by atoms with van der Waals surface area (Å²) in [4.78, 5) is 14.0. The van der Waals surface area contributed by atoms with Crippen molar-refractivity contribution in [2.45, 2.75) is 32.7 Å². The van der Waals surface area contributed by atoms with E-state index in [4.69, 9.17) is 4.74 Å². The van der Waals surface area contributed by atoms with E-state index in [0.29, 0.717) is 5.69 Å². The van der Waals surface area contributed by atoms with Gasteiger partial charge in [-0.1, -0.05) is 54.6 Å². The Morgan fingerprint density at radius 2 is 1.72 bits per heavy atom. The first kappa shape index (κ1) is 22.2. The van der Waals surface area contributed by atoms with Gasteiger partial charge in [0.2, 0.25) is 0 Å². The number of benzene rings is 3. The molecule has 0 saturated heterocycles. The number of hydrogen-bond acceptors (Lipinski definition) is 2. The molecule has 0 unspecified atom stereocenters. The molecule has 1 N–H and O–H groups in total. The first-order chi connectivity index (χ1) is 17.6. The van der Waals surface area contributed by atoms with Gasteiger partial charge in [0.15, 0.2) is 0 Å². The van der Waals surface area contributed by atoms with E-state index in [-0.39, 0.29) is 5.91 Å². The van der Waals surface area contributed by atoms with Crippen LogP contribution in [-0.2, 0) is 13.0 Å². The van der Waals surface area contributed by atoms with Crippen molar-refractivity contribution in [3.05, 3.63) is 102 Å². The van der Waals surface area contributed by atoms with Crippen molar-refractivity contribution in [3.63, 3.8) is 0 Å². The molecule has 1 aliphatic heterocycles. The second kappa shape index (κ2) is 9.08. The summed E-state index contributed by atoms with van der Waals surface area (Å²) >= 11 is 0. The van der Waals surface area contributed by atoms with Gasteiger partial charge in [-0.2, -0.15) is 0 Å². The van der Waals surface area contributed by atoms with Crippen LogP contribution in [0.15, 0.2) is 85.1 Å². The largest absolute Gasteiger partial charge is 0.497 e. The van der Waals surface area contributed by atoms with Crippen molar-refractivity contribution in [3.8, 4) is 28.1 Å². The minimum absolute atomic E-state index is 0.106. The molecule has 0 atom stereocenters. The van der Waals surface area contributed by atoms with E-state index in [1.165, 1.54) is 5.56 Å². The van der Waals surface area contributed by atoms with Gasteiger partial charge in [-0.15, -0.1) is 0 Å². The molecule has 0 aliphatic carbocycles. The number of carbonyl (C=O) groups is 1. The molecule has 5 heteroatoms. The molecule has 1 amide bonds. The smallest absolute Gasteiger partial charge is 0.273 e. The average Bonchev–Trinajstić information content (AvgIpc) is 3.32. The second-order valence-electron chi connectivity index (χ2n) is 9.44. The lowest BCUT2D eigenvalue weighted by Gasteiger charge is -2.11. The molecular weight excluding hydrogens is 446 g/mol. The minimum atomic E-state index is -0.106. The Hall–Kier alpha value is -4.25. The van der Waals surface area contributed by atoms with Crippen molar-refractivity contribution in [1.82, 2.24) is 8.97 Å². The van der Waals surface area contributed by atoms with E-state index in [1.807, 2.05) is 49.4 Å². The van der Waals surface area contributed by atoms with Crippen LogP contribution in [0.4, 0.5) is 5.69 Å². The third-order valence-corrected chi connectivity index (χ3v) is 7.07. The number of ether oxygens (including phenoxy) is 1. The van der Waals surface area contributed by atoms with Crippen molar-refractivity contribution >= 4 is 17.2 Å². The van der Waals surface area contributed by atoms with Crippen LogP contribution >= 0.6 is 0 Å². The highest BCUT2D eigenvalue weighted by Crippen LogP contribution is 2.40. The fourth-order valence-electron chi connectivity index (χ4n) is 5.43. The van der Waals surface area contributed by atoms with Gasteiger partial charge in [0.25, 0.3) is 5.91 Å². The lowest BCUT2D eigenvalue weighted by Crippen LogP contribution is -2.15. The number of nitrogens with one attached hydrogen (secondary N) is 1. The fourth-order valence-corrected chi connectivity index (χ4v) is 5.43. The summed E-state index contributed by atoms with van der Waals surface area (Å²) in [6.45, 7) is 2.96. The predicted molar refractivity (Wildman–Crippen MR) is 145 cm³/mol. The highest BCUT2D eigenvalue weighted by Gasteiger charge is 2.29. The van der Waals surface area contributed by atoms with Crippen LogP contribution in [-0.4, -0.2) is 22.0 Å². The number of imidazole rings is 1. The molecule has 6 rings (SSSR count). The van der Waals surface area contributed by atoms with Crippen LogP contribution in [0.5, 0.6) is 5.75 Å². The van der Waals surface area contributed by atoms with Crippen LogP contribution in [0.2, 0.25) is 0 Å². The molecule has 180 valence electrons. The Bertz CT molecular complexity index is 1560. The molecule has 5 nitrogen and oxygen atoms in total. The topological polar surface area (TPSA) is 47.7 Å². The maximum absolute atomic E-state index is 14.0. The number of aryl methyl sites for hydroxylation is 3. The molecule has 2 aromatic heterocycles. The van der Waals surface area contributed by atoms with E-state index in [9.17, 15) is 4.79 Å². The van der Waals surface area contributed by atoms with Gasteiger partial charge in [-0.05, 0) is 67.1 Å². The number of hydrogen-bond donors (Lipinski definition) is 1. The molecule has 3 aromatic carbocycles. The summed E-state index contributed by atoms with van der Waals surface area (Å²) in [6.07, 6.45) is 5.25. The first-order valence-corrected chi connectivity index (χ1v) is 12.5. The molecular formula is C31H29N3O2. The van der Waals surface area contributed by atoms with Crippen molar-refractivity contribution in [2.75, 3.05) is 12.4 Å². The Labute approximate surface area is 211 Å². The molecule has 0 fully saturated rings. The summed E-state index contributed by atoms with van der Waals surface area (Å²) in [5, 5.41) is 3.17. The van der Waals surface area contributed by atoms with Gasteiger partial charge in [-0.3, -0.25) is 9.20 Å². The van der Waals surface area contributed by atoms with Crippen molar-refractivity contribution in [1.29, 1.82) is 0 Å². The molecule has 0 radical (unpaired) electrons. The van der Waals surface area contributed by atoms with Crippen LogP contribution in [0.1, 0.15) is 34.5 Å². The normalized spacial score (nSPS) is 12.9. The summed E-state index contributed by atoms with van der Waals surface area (Å²) in [5.74, 6) is 0.694. The van der Waals surface area contributed by atoms with E-state index in [2.05, 4.69) is 56.9 Å². The quantitative estimate of drug-likeness (QED) is 0.298. The van der Waals surface area contributed by atoms with Crippen LogP contribution in [0.3, 0.4) is 0 Å². The van der Waals surface area contributed by atoms with Crippen LogP contribution in [0.25, 0.3) is 28.0 Å². The van der Waals surface area contributed by atoms with E-state index in [1.54, 1.807) is 7.11 Å². The number of amides is 1. The van der Waals surface area contributed by atoms with Gasteiger partial charge in [-0.25, -0.2) is 0 Å². The first-order valence-electron chi connectivity index (χ1n) is 12.5. The second-order valence-corrected chi connectivity index (χ2v) is 9.44. The highest BCUT2D eigenvalue weighted by atomic mass is 16.5. The summed E-state index contributed by atoms with van der Waals surface area (Å²) in [7, 11) is 1.67. The highest BCUT2D eigenvalue weighted by molar-refractivity contribution is 6.10. The number of carbonyl (C=O) groups excluding carboxylic acids is 1. The fraction of sp³-hybridized carbons (Fsp3) is 0.194. The monoisotopic (exact) mass is 475 g/mol. The predicted octanol–water partition coefficient (Wildman–Crippen LogP) is 6.98. The Kier molecular flexibility index (Phi) is 5.61. The maximum Gasteiger partial charge on any atom is 0.273 e. The zero-order chi connectivity index (χ0) is 24.6. The Morgan fingerprint density at radius 1 is 0.917 bits per heavy atom. The SMILES string of the molecule is COc1ccc(-c2c3c4n(c(-c5ccccc5)cn4c2C(=O)Nc2cccc(C)c2)CCCC3)cc1. The molecule has 1 aliphatic rings. The third-order valence-electron chi connectivity index (χ3n) is 7.07. The number of nitrogens with zero attached hydrogens (tertiary/aromatic N) is 2. The van der Waals surface area contributed by atoms with E-state index < -0.39 is 0 Å². The van der Waals surface area contributed by atoms with Crippen LogP contribution in [0, 0.1) is 6.92 Å².